The van der Waals surface area contributed by atoms with Crippen molar-refractivity contribution in [3.8, 4) is 0 Å². The topological polar surface area (TPSA) is 59.2 Å². The maximum absolute atomic E-state index is 12.6. The van der Waals surface area contributed by atoms with Crippen LogP contribution in [0.2, 0.25) is 0 Å². The van der Waals surface area contributed by atoms with Gasteiger partial charge in [-0.3, -0.25) is 4.79 Å². The summed E-state index contributed by atoms with van der Waals surface area (Å²) in [5.74, 6) is 0.815. The summed E-state index contributed by atoms with van der Waals surface area (Å²) in [7, 11) is 0. The quantitative estimate of drug-likeness (QED) is 0.940. The van der Waals surface area contributed by atoms with Gasteiger partial charge in [0.1, 0.15) is 0 Å². The molecule has 1 fully saturated rings. The normalized spacial score (nSPS) is 15.2. The first-order valence-electron chi connectivity index (χ1n) is 7.12. The van der Waals surface area contributed by atoms with Crippen LogP contribution in [0, 0.1) is 5.92 Å². The second kappa shape index (κ2) is 5.40. The molecular formula is C15H19N3OS. The largest absolute Gasteiger partial charge is 0.375 e. The van der Waals surface area contributed by atoms with E-state index in [2.05, 4.69) is 4.98 Å². The highest BCUT2D eigenvalue weighted by atomic mass is 32.1. The Labute approximate surface area is 122 Å². The molecule has 5 heteroatoms. The van der Waals surface area contributed by atoms with Gasteiger partial charge in [-0.05, 0) is 43.9 Å². The van der Waals surface area contributed by atoms with Crippen molar-refractivity contribution in [3.05, 3.63) is 23.8 Å². The number of thiazole rings is 1. The third-order valence-corrected chi connectivity index (χ3v) is 4.87. The van der Waals surface area contributed by atoms with Gasteiger partial charge in [-0.15, -0.1) is 0 Å². The van der Waals surface area contributed by atoms with Gasteiger partial charge in [0.15, 0.2) is 5.13 Å². The van der Waals surface area contributed by atoms with Crippen molar-refractivity contribution in [2.24, 2.45) is 5.92 Å². The van der Waals surface area contributed by atoms with Crippen LogP contribution in [0.25, 0.3) is 10.2 Å². The van der Waals surface area contributed by atoms with E-state index < -0.39 is 0 Å². The maximum atomic E-state index is 12.6. The Morgan fingerprint density at radius 2 is 2.30 bits per heavy atom. The maximum Gasteiger partial charge on any atom is 0.253 e. The highest BCUT2D eigenvalue weighted by Gasteiger charge is 2.23. The second-order valence-corrected chi connectivity index (χ2v) is 6.44. The molecule has 1 aromatic heterocycles. The molecule has 4 nitrogen and oxygen atoms in total. The number of carbonyl (C=O) groups is 1. The molecule has 0 radical (unpaired) electrons. The number of carbonyl (C=O) groups excluding carboxylic acids is 1. The van der Waals surface area contributed by atoms with E-state index in [-0.39, 0.29) is 5.91 Å². The molecule has 2 N–H and O–H groups in total. The predicted molar refractivity (Wildman–Crippen MR) is 83.0 cm³/mol. The number of fused-ring (bicyclic) bond motifs is 1. The zero-order valence-corrected chi connectivity index (χ0v) is 12.4. The van der Waals surface area contributed by atoms with Gasteiger partial charge in [-0.2, -0.15) is 0 Å². The number of nitrogens with zero attached hydrogens (tertiary/aromatic N) is 2. The highest BCUT2D eigenvalue weighted by Crippen LogP contribution is 2.28. The average Bonchev–Trinajstić information content (AvgIpc) is 2.76. The molecule has 1 saturated carbocycles. The molecular weight excluding hydrogens is 270 g/mol. The number of anilines is 1. The van der Waals surface area contributed by atoms with Crippen molar-refractivity contribution in [1.82, 2.24) is 9.88 Å². The van der Waals surface area contributed by atoms with Crippen molar-refractivity contribution in [3.63, 3.8) is 0 Å². The number of hydrogen-bond acceptors (Lipinski definition) is 4. The Hall–Kier alpha value is -1.62. The summed E-state index contributed by atoms with van der Waals surface area (Å²) >= 11 is 1.43. The summed E-state index contributed by atoms with van der Waals surface area (Å²) in [5.41, 5.74) is 7.31. The standard InChI is InChI=1S/C15H19N3OS/c1-2-18(9-10-4-3-5-10)14(19)11-6-7-12-13(8-11)20-15(16)17-12/h6-8,10H,2-5,9H2,1H3,(H2,16,17). The lowest BCUT2D eigenvalue weighted by Gasteiger charge is -2.31. The molecule has 0 bridgehead atoms. The second-order valence-electron chi connectivity index (χ2n) is 5.38. The molecule has 0 aliphatic heterocycles. The molecule has 20 heavy (non-hydrogen) atoms. The molecule has 1 aromatic carbocycles. The lowest BCUT2D eigenvalue weighted by atomic mass is 9.85. The SMILES string of the molecule is CCN(CC1CCC1)C(=O)c1ccc2nc(N)sc2c1. The number of hydrogen-bond donors (Lipinski definition) is 1. The number of benzene rings is 1. The zero-order chi connectivity index (χ0) is 14.1. The summed E-state index contributed by atoms with van der Waals surface area (Å²) < 4.78 is 0.980. The Morgan fingerprint density at radius 3 is 2.95 bits per heavy atom. The molecule has 3 rings (SSSR count). The highest BCUT2D eigenvalue weighted by molar-refractivity contribution is 7.22. The third kappa shape index (κ3) is 2.50. The van der Waals surface area contributed by atoms with E-state index in [1.165, 1.54) is 30.6 Å². The van der Waals surface area contributed by atoms with Crippen LogP contribution >= 0.6 is 11.3 Å². The molecule has 1 aliphatic rings. The van der Waals surface area contributed by atoms with Gasteiger partial charge >= 0.3 is 0 Å². The van der Waals surface area contributed by atoms with Gasteiger partial charge in [-0.1, -0.05) is 17.8 Å². The van der Waals surface area contributed by atoms with Crippen LogP contribution in [0.3, 0.4) is 0 Å². The predicted octanol–water partition coefficient (Wildman–Crippen LogP) is 3.14. The van der Waals surface area contributed by atoms with Gasteiger partial charge in [0, 0.05) is 18.7 Å². The van der Waals surface area contributed by atoms with Gasteiger partial charge in [-0.25, -0.2) is 4.98 Å². The fourth-order valence-electron chi connectivity index (χ4n) is 2.60. The Kier molecular flexibility index (Phi) is 3.61. The molecule has 106 valence electrons. The van der Waals surface area contributed by atoms with E-state index >= 15 is 0 Å². The first-order valence-corrected chi connectivity index (χ1v) is 7.94. The van der Waals surface area contributed by atoms with E-state index in [1.807, 2.05) is 30.0 Å². The lowest BCUT2D eigenvalue weighted by molar-refractivity contribution is 0.0706. The van der Waals surface area contributed by atoms with Crippen LogP contribution in [0.5, 0.6) is 0 Å². The van der Waals surface area contributed by atoms with E-state index in [4.69, 9.17) is 5.73 Å². The van der Waals surface area contributed by atoms with Crippen LogP contribution in [0.1, 0.15) is 36.5 Å². The minimum atomic E-state index is 0.119. The Balaban J connectivity index is 1.81. The van der Waals surface area contributed by atoms with Gasteiger partial charge in [0.25, 0.3) is 5.91 Å². The monoisotopic (exact) mass is 289 g/mol. The van der Waals surface area contributed by atoms with E-state index in [0.717, 1.165) is 28.9 Å². The average molecular weight is 289 g/mol. The van der Waals surface area contributed by atoms with Crippen molar-refractivity contribution in [2.45, 2.75) is 26.2 Å². The smallest absolute Gasteiger partial charge is 0.253 e. The molecule has 1 amide bonds. The first-order chi connectivity index (χ1) is 9.67. The summed E-state index contributed by atoms with van der Waals surface area (Å²) in [6.45, 7) is 3.69. The van der Waals surface area contributed by atoms with Crippen LogP contribution in [0.15, 0.2) is 18.2 Å². The Bertz CT molecular complexity index is 633. The van der Waals surface area contributed by atoms with Gasteiger partial charge in [0.05, 0.1) is 10.2 Å². The van der Waals surface area contributed by atoms with Crippen LogP contribution in [-0.4, -0.2) is 28.9 Å². The molecule has 1 aliphatic carbocycles. The first kappa shape index (κ1) is 13.4. The van der Waals surface area contributed by atoms with Gasteiger partial charge in [0.2, 0.25) is 0 Å². The van der Waals surface area contributed by atoms with Crippen LogP contribution < -0.4 is 5.73 Å². The number of nitrogens with two attached hydrogens (primary N) is 1. The van der Waals surface area contributed by atoms with Crippen LogP contribution in [0.4, 0.5) is 5.13 Å². The minimum absolute atomic E-state index is 0.119. The van der Waals surface area contributed by atoms with Crippen molar-refractivity contribution in [2.75, 3.05) is 18.8 Å². The van der Waals surface area contributed by atoms with E-state index in [9.17, 15) is 4.79 Å². The molecule has 0 atom stereocenters. The third-order valence-electron chi connectivity index (χ3n) is 4.02. The molecule has 1 heterocycles. The molecule has 0 saturated heterocycles. The summed E-state index contributed by atoms with van der Waals surface area (Å²) in [6, 6.07) is 5.65. The van der Waals surface area contributed by atoms with E-state index in [0.29, 0.717) is 11.0 Å². The Morgan fingerprint density at radius 1 is 1.50 bits per heavy atom. The summed E-state index contributed by atoms with van der Waals surface area (Å²) in [6.07, 6.45) is 3.82. The van der Waals surface area contributed by atoms with Crippen LogP contribution in [-0.2, 0) is 0 Å². The fourth-order valence-corrected chi connectivity index (χ4v) is 3.37. The number of amides is 1. The molecule has 0 spiro atoms. The van der Waals surface area contributed by atoms with Gasteiger partial charge < -0.3 is 10.6 Å². The fraction of sp³-hybridized carbons (Fsp3) is 0.467. The number of rotatable bonds is 4. The van der Waals surface area contributed by atoms with Crippen molar-refractivity contribution < 1.29 is 4.79 Å². The zero-order valence-electron chi connectivity index (χ0n) is 11.6. The minimum Gasteiger partial charge on any atom is -0.375 e. The van der Waals surface area contributed by atoms with Crippen molar-refractivity contribution >= 4 is 32.6 Å². The summed E-state index contributed by atoms with van der Waals surface area (Å²) in [5, 5.41) is 0.548. The van der Waals surface area contributed by atoms with Crippen molar-refractivity contribution in [1.29, 1.82) is 0 Å². The van der Waals surface area contributed by atoms with E-state index in [1.54, 1.807) is 0 Å². The lowest BCUT2D eigenvalue weighted by Crippen LogP contribution is -2.37. The molecule has 0 unspecified atom stereocenters. The summed E-state index contributed by atoms with van der Waals surface area (Å²) in [4.78, 5) is 18.8. The molecule has 2 aromatic rings. The number of nitrogen functional groups attached to an aromatic ring is 1. The number of aromatic nitrogens is 1.